The average Bonchev–Trinajstić information content (AvgIpc) is 2.75. The van der Waals surface area contributed by atoms with Gasteiger partial charge in [0.15, 0.2) is 0 Å². The van der Waals surface area contributed by atoms with Crippen LogP contribution in [-0.4, -0.2) is 29.1 Å². The average molecular weight is 245 g/mol. The Hall–Kier alpha value is -0.920. The van der Waals surface area contributed by atoms with Gasteiger partial charge in [-0.3, -0.25) is 4.55 Å². The third kappa shape index (κ3) is 1.85. The second-order valence-electron chi connectivity index (χ2n) is 4.04. The summed E-state index contributed by atoms with van der Waals surface area (Å²) in [4.78, 5) is 4.03. The maximum atomic E-state index is 11.1. The van der Waals surface area contributed by atoms with Gasteiger partial charge in [-0.25, -0.2) is 4.98 Å². The number of hydrogen-bond donors (Lipinski definition) is 2. The highest BCUT2D eigenvalue weighted by atomic mass is 32.2. The van der Waals surface area contributed by atoms with E-state index in [4.69, 9.17) is 4.55 Å². The summed E-state index contributed by atoms with van der Waals surface area (Å²) >= 11 is 0. The lowest BCUT2D eigenvalue weighted by atomic mass is 10.2. The van der Waals surface area contributed by atoms with Crippen molar-refractivity contribution in [3.8, 4) is 0 Å². The molecule has 2 heterocycles. The van der Waals surface area contributed by atoms with Crippen molar-refractivity contribution in [3.05, 3.63) is 11.5 Å². The minimum absolute atomic E-state index is 0.0826. The molecule has 0 radical (unpaired) electrons. The topological polar surface area (TPSA) is 84.2 Å². The number of imidazole rings is 1. The standard InChI is InChI=1S/C9H15N3O3S/c1-6-9(16(13,14)15)11-8(12(6)2)7-4-3-5-10-7/h7,10H,3-5H2,1-2H3,(H,13,14,15)/t7-/m0/s1. The van der Waals surface area contributed by atoms with E-state index in [1.807, 2.05) is 0 Å². The zero-order valence-electron chi connectivity index (χ0n) is 9.27. The van der Waals surface area contributed by atoms with Crippen molar-refractivity contribution in [1.29, 1.82) is 0 Å². The highest BCUT2D eigenvalue weighted by molar-refractivity contribution is 7.85. The fourth-order valence-corrected chi connectivity index (χ4v) is 2.76. The quantitative estimate of drug-likeness (QED) is 0.737. The van der Waals surface area contributed by atoms with Crippen molar-refractivity contribution in [1.82, 2.24) is 14.9 Å². The molecule has 1 aromatic rings. The summed E-state index contributed by atoms with van der Waals surface area (Å²) in [5.41, 5.74) is 0.464. The molecule has 0 unspecified atom stereocenters. The Morgan fingerprint density at radius 1 is 1.56 bits per heavy atom. The van der Waals surface area contributed by atoms with Crippen LogP contribution >= 0.6 is 0 Å². The van der Waals surface area contributed by atoms with Crippen LogP contribution in [0.4, 0.5) is 0 Å². The Morgan fingerprint density at radius 3 is 2.69 bits per heavy atom. The van der Waals surface area contributed by atoms with Gasteiger partial charge in [-0.2, -0.15) is 8.42 Å². The molecule has 0 spiro atoms. The Balaban J connectivity index is 2.48. The zero-order valence-corrected chi connectivity index (χ0v) is 10.1. The predicted molar refractivity (Wildman–Crippen MR) is 57.7 cm³/mol. The van der Waals surface area contributed by atoms with Gasteiger partial charge in [0, 0.05) is 7.05 Å². The molecule has 1 fully saturated rings. The molecule has 2 rings (SSSR count). The molecule has 0 amide bonds. The van der Waals surface area contributed by atoms with Crippen molar-refractivity contribution in [2.24, 2.45) is 7.05 Å². The largest absolute Gasteiger partial charge is 0.333 e. The van der Waals surface area contributed by atoms with E-state index in [2.05, 4.69) is 10.3 Å². The third-order valence-corrected chi connectivity index (χ3v) is 3.86. The highest BCUT2D eigenvalue weighted by Crippen LogP contribution is 2.25. The second kappa shape index (κ2) is 3.83. The van der Waals surface area contributed by atoms with E-state index in [1.165, 1.54) is 0 Å². The molecule has 7 heteroatoms. The molecule has 90 valence electrons. The van der Waals surface area contributed by atoms with E-state index in [0.29, 0.717) is 11.5 Å². The molecule has 2 N–H and O–H groups in total. The summed E-state index contributed by atoms with van der Waals surface area (Å²) in [5.74, 6) is 0.669. The maximum Gasteiger partial charge on any atom is 0.313 e. The Bertz CT molecular complexity index is 500. The number of nitrogens with one attached hydrogen (secondary N) is 1. The fourth-order valence-electron chi connectivity index (χ4n) is 2.04. The molecule has 1 aliphatic rings. The molecule has 16 heavy (non-hydrogen) atoms. The summed E-state index contributed by atoms with van der Waals surface area (Å²) < 4.78 is 32.9. The lowest BCUT2D eigenvalue weighted by Gasteiger charge is -2.09. The summed E-state index contributed by atoms with van der Waals surface area (Å²) in [7, 11) is -2.47. The van der Waals surface area contributed by atoms with E-state index in [1.54, 1.807) is 18.5 Å². The number of nitrogens with zero attached hydrogens (tertiary/aromatic N) is 2. The number of aromatic nitrogens is 2. The van der Waals surface area contributed by atoms with Crippen LogP contribution in [-0.2, 0) is 17.2 Å². The molecule has 1 saturated heterocycles. The van der Waals surface area contributed by atoms with Crippen LogP contribution in [0.3, 0.4) is 0 Å². The first kappa shape index (κ1) is 11.6. The minimum atomic E-state index is -4.22. The van der Waals surface area contributed by atoms with Crippen LogP contribution in [0.25, 0.3) is 0 Å². The van der Waals surface area contributed by atoms with Gasteiger partial charge in [0.2, 0.25) is 5.03 Å². The number of hydrogen-bond acceptors (Lipinski definition) is 4. The van der Waals surface area contributed by atoms with Crippen molar-refractivity contribution < 1.29 is 13.0 Å². The van der Waals surface area contributed by atoms with Crippen molar-refractivity contribution in [2.45, 2.75) is 30.8 Å². The Kier molecular flexibility index (Phi) is 2.77. The van der Waals surface area contributed by atoms with Gasteiger partial charge in [0.1, 0.15) is 5.82 Å². The molecule has 6 nitrogen and oxygen atoms in total. The highest BCUT2D eigenvalue weighted by Gasteiger charge is 2.27. The van der Waals surface area contributed by atoms with E-state index in [-0.39, 0.29) is 11.1 Å². The summed E-state index contributed by atoms with van der Waals surface area (Å²) in [6.07, 6.45) is 1.99. The van der Waals surface area contributed by atoms with Crippen LogP contribution < -0.4 is 5.32 Å². The number of rotatable bonds is 2. The van der Waals surface area contributed by atoms with E-state index in [0.717, 1.165) is 19.4 Å². The van der Waals surface area contributed by atoms with Gasteiger partial charge in [-0.1, -0.05) is 0 Å². The van der Waals surface area contributed by atoms with Crippen LogP contribution in [0.15, 0.2) is 5.03 Å². The van der Waals surface area contributed by atoms with Gasteiger partial charge < -0.3 is 9.88 Å². The smallest absolute Gasteiger partial charge is 0.313 e. The summed E-state index contributed by atoms with van der Waals surface area (Å²) in [6, 6.07) is 0.0826. The van der Waals surface area contributed by atoms with Gasteiger partial charge in [-0.05, 0) is 26.3 Å². The predicted octanol–water partition coefficient (Wildman–Crippen LogP) is 0.400. The molecule has 1 aromatic heterocycles. The van der Waals surface area contributed by atoms with Crippen molar-refractivity contribution >= 4 is 10.1 Å². The van der Waals surface area contributed by atoms with E-state index in [9.17, 15) is 8.42 Å². The third-order valence-electron chi connectivity index (χ3n) is 2.99. The first-order valence-corrected chi connectivity index (χ1v) is 6.59. The second-order valence-corrected chi connectivity index (χ2v) is 5.38. The Morgan fingerprint density at radius 2 is 2.25 bits per heavy atom. The normalized spacial score (nSPS) is 21.6. The molecule has 0 bridgehead atoms. The van der Waals surface area contributed by atoms with E-state index < -0.39 is 10.1 Å². The summed E-state index contributed by atoms with van der Waals surface area (Å²) in [6.45, 7) is 2.55. The van der Waals surface area contributed by atoms with Crippen LogP contribution in [0.1, 0.15) is 30.4 Å². The van der Waals surface area contributed by atoms with Crippen LogP contribution in [0.2, 0.25) is 0 Å². The first-order chi connectivity index (χ1) is 7.41. The molecular weight excluding hydrogens is 230 g/mol. The molecule has 1 aliphatic heterocycles. The molecule has 0 aromatic carbocycles. The molecule has 0 saturated carbocycles. The molecule has 1 atom stereocenters. The van der Waals surface area contributed by atoms with Crippen molar-refractivity contribution in [3.63, 3.8) is 0 Å². The van der Waals surface area contributed by atoms with Crippen molar-refractivity contribution in [2.75, 3.05) is 6.54 Å². The van der Waals surface area contributed by atoms with Gasteiger partial charge in [0.25, 0.3) is 0 Å². The van der Waals surface area contributed by atoms with Gasteiger partial charge in [-0.15, -0.1) is 0 Å². The van der Waals surface area contributed by atoms with Gasteiger partial charge >= 0.3 is 10.1 Å². The lowest BCUT2D eigenvalue weighted by molar-refractivity contribution is 0.478. The van der Waals surface area contributed by atoms with Crippen LogP contribution in [0.5, 0.6) is 0 Å². The lowest BCUT2D eigenvalue weighted by Crippen LogP contribution is -2.17. The maximum absolute atomic E-state index is 11.1. The van der Waals surface area contributed by atoms with Gasteiger partial charge in [0.05, 0.1) is 11.7 Å². The fraction of sp³-hybridized carbons (Fsp3) is 0.667. The first-order valence-electron chi connectivity index (χ1n) is 5.15. The Labute approximate surface area is 94.4 Å². The zero-order chi connectivity index (χ0) is 11.9. The molecular formula is C9H15N3O3S. The SMILES string of the molecule is Cc1c(S(=O)(=O)O)nc([C@@H]2CCCN2)n1C. The summed E-state index contributed by atoms with van der Waals surface area (Å²) in [5, 5.41) is 3.01. The van der Waals surface area contributed by atoms with E-state index >= 15 is 0 Å². The monoisotopic (exact) mass is 245 g/mol. The molecule has 0 aliphatic carbocycles. The minimum Gasteiger partial charge on any atom is -0.333 e. The van der Waals surface area contributed by atoms with Crippen LogP contribution in [0, 0.1) is 6.92 Å².